The van der Waals surface area contributed by atoms with E-state index in [0.717, 1.165) is 5.56 Å². The molecule has 0 aliphatic heterocycles. The van der Waals surface area contributed by atoms with E-state index in [9.17, 15) is 4.57 Å². The maximum absolute atomic E-state index is 12.5. The molecule has 0 saturated carbocycles. The lowest BCUT2D eigenvalue weighted by Gasteiger charge is -2.20. The molecule has 0 aromatic heterocycles. The fourth-order valence-corrected chi connectivity index (χ4v) is 3.27. The molecule has 17 heavy (non-hydrogen) atoms. The number of hydrogen-bond donors (Lipinski definition) is 0. The zero-order valence-electron chi connectivity index (χ0n) is 10.3. The average molecular weight is 254 g/mol. The van der Waals surface area contributed by atoms with Gasteiger partial charge in [-0.05, 0) is 19.4 Å². The van der Waals surface area contributed by atoms with Gasteiger partial charge in [-0.2, -0.15) is 0 Å². The lowest BCUT2D eigenvalue weighted by atomic mass is 10.2. The topological polar surface area (TPSA) is 35.5 Å². The smallest absolute Gasteiger partial charge is 0.306 e. The molecule has 0 spiro atoms. The molecule has 1 atom stereocenters. The van der Waals surface area contributed by atoms with Crippen LogP contribution < -0.4 is 0 Å². The van der Waals surface area contributed by atoms with Crippen LogP contribution in [-0.2, 0) is 19.8 Å². The van der Waals surface area contributed by atoms with Crippen LogP contribution in [0, 0.1) is 0 Å². The van der Waals surface area contributed by atoms with Crippen molar-refractivity contribution in [1.29, 1.82) is 0 Å². The van der Waals surface area contributed by atoms with E-state index in [-0.39, 0.29) is 12.7 Å². The molecule has 94 valence electrons. The van der Waals surface area contributed by atoms with Crippen LogP contribution >= 0.6 is 7.60 Å². The Labute approximate surface area is 103 Å². The van der Waals surface area contributed by atoms with Gasteiger partial charge in [-0.15, -0.1) is 6.58 Å². The van der Waals surface area contributed by atoms with Gasteiger partial charge in [-0.25, -0.2) is 0 Å². The molecule has 0 fully saturated rings. The molecule has 1 aromatic carbocycles. The summed E-state index contributed by atoms with van der Waals surface area (Å²) in [6.07, 6.45) is 1.73. The van der Waals surface area contributed by atoms with E-state index in [0.29, 0.717) is 6.16 Å². The van der Waals surface area contributed by atoms with Crippen LogP contribution in [-0.4, -0.2) is 12.7 Å². The zero-order valence-corrected chi connectivity index (χ0v) is 11.2. The Bertz CT molecular complexity index is 387. The van der Waals surface area contributed by atoms with E-state index in [1.807, 2.05) is 44.2 Å². The van der Waals surface area contributed by atoms with Gasteiger partial charge in [0.15, 0.2) is 0 Å². The molecule has 0 bridgehead atoms. The van der Waals surface area contributed by atoms with Crippen molar-refractivity contribution in [2.24, 2.45) is 0 Å². The maximum atomic E-state index is 12.5. The molecule has 1 rings (SSSR count). The highest BCUT2D eigenvalue weighted by molar-refractivity contribution is 7.53. The summed E-state index contributed by atoms with van der Waals surface area (Å²) < 4.78 is 23.2. The third-order valence-corrected chi connectivity index (χ3v) is 4.02. The normalized spacial score (nSPS) is 14.5. The molecular weight excluding hydrogens is 235 g/mol. The zero-order chi connectivity index (χ0) is 12.7. The summed E-state index contributed by atoms with van der Waals surface area (Å²) in [6, 6.07) is 9.55. The fourth-order valence-electron chi connectivity index (χ4n) is 1.41. The summed E-state index contributed by atoms with van der Waals surface area (Å²) in [6.45, 7) is 7.47. The second kappa shape index (κ2) is 6.75. The van der Waals surface area contributed by atoms with E-state index in [1.54, 1.807) is 6.08 Å². The highest BCUT2D eigenvalue weighted by Gasteiger charge is 2.26. The molecule has 0 radical (unpaired) electrons. The minimum Gasteiger partial charge on any atom is -0.306 e. The first-order valence-corrected chi connectivity index (χ1v) is 7.35. The van der Waals surface area contributed by atoms with Crippen LogP contribution in [0.5, 0.6) is 0 Å². The third-order valence-electron chi connectivity index (χ3n) is 1.98. The van der Waals surface area contributed by atoms with E-state index in [2.05, 4.69) is 6.58 Å². The lowest BCUT2D eigenvalue weighted by molar-refractivity contribution is 0.177. The lowest BCUT2D eigenvalue weighted by Crippen LogP contribution is -2.05. The molecule has 0 amide bonds. The highest BCUT2D eigenvalue weighted by Crippen LogP contribution is 2.52. The fraction of sp³-hybridized carbons (Fsp3) is 0.385. The van der Waals surface area contributed by atoms with Crippen LogP contribution in [0.2, 0.25) is 0 Å². The molecule has 0 aliphatic rings. The molecule has 1 unspecified atom stereocenters. The largest absolute Gasteiger partial charge is 0.335 e. The maximum Gasteiger partial charge on any atom is 0.335 e. The van der Waals surface area contributed by atoms with Crippen molar-refractivity contribution in [3.05, 3.63) is 48.6 Å². The molecule has 0 saturated heterocycles. The number of benzene rings is 1. The summed E-state index contributed by atoms with van der Waals surface area (Å²) in [5.74, 6) is 0. The van der Waals surface area contributed by atoms with Crippen LogP contribution in [0.4, 0.5) is 0 Å². The van der Waals surface area contributed by atoms with Crippen molar-refractivity contribution in [2.45, 2.75) is 26.1 Å². The van der Waals surface area contributed by atoms with Crippen molar-refractivity contribution >= 4 is 7.60 Å². The van der Waals surface area contributed by atoms with Gasteiger partial charge in [0.05, 0.1) is 18.9 Å². The first-order chi connectivity index (χ1) is 8.06. The summed E-state index contributed by atoms with van der Waals surface area (Å²) in [5.41, 5.74) is 0.945. The molecule has 0 heterocycles. The Morgan fingerprint density at radius 3 is 2.53 bits per heavy atom. The van der Waals surface area contributed by atoms with Gasteiger partial charge < -0.3 is 9.05 Å². The summed E-state index contributed by atoms with van der Waals surface area (Å²) >= 11 is 0. The predicted octanol–water partition coefficient (Wildman–Crippen LogP) is 4.01. The molecular formula is C13H19O3P. The van der Waals surface area contributed by atoms with E-state index in [1.165, 1.54) is 0 Å². The average Bonchev–Trinajstić information content (AvgIpc) is 2.26. The predicted molar refractivity (Wildman–Crippen MR) is 70.1 cm³/mol. The van der Waals surface area contributed by atoms with Crippen molar-refractivity contribution in [3.63, 3.8) is 0 Å². The van der Waals surface area contributed by atoms with Gasteiger partial charge in [0, 0.05) is 0 Å². The highest BCUT2D eigenvalue weighted by atomic mass is 31.2. The van der Waals surface area contributed by atoms with Crippen molar-refractivity contribution in [3.8, 4) is 0 Å². The van der Waals surface area contributed by atoms with Crippen LogP contribution in [0.25, 0.3) is 0 Å². The monoisotopic (exact) mass is 254 g/mol. The Hall–Kier alpha value is -0.890. The minimum atomic E-state index is -3.09. The molecule has 1 aromatic rings. The van der Waals surface area contributed by atoms with Crippen molar-refractivity contribution in [1.82, 2.24) is 0 Å². The first-order valence-electron chi connectivity index (χ1n) is 5.62. The van der Waals surface area contributed by atoms with E-state index < -0.39 is 7.60 Å². The van der Waals surface area contributed by atoms with Crippen molar-refractivity contribution in [2.75, 3.05) is 6.61 Å². The van der Waals surface area contributed by atoms with E-state index >= 15 is 0 Å². The van der Waals surface area contributed by atoms with Gasteiger partial charge >= 0.3 is 7.60 Å². The van der Waals surface area contributed by atoms with Gasteiger partial charge in [0.2, 0.25) is 0 Å². The Morgan fingerprint density at radius 1 is 1.35 bits per heavy atom. The minimum absolute atomic E-state index is 0.130. The molecule has 4 heteroatoms. The second-order valence-electron chi connectivity index (χ2n) is 3.99. The SMILES string of the molecule is C=CCOP(=O)(Cc1ccccc1)OC(C)C. The van der Waals surface area contributed by atoms with Gasteiger partial charge in [-0.1, -0.05) is 36.4 Å². The first kappa shape index (κ1) is 14.2. The van der Waals surface area contributed by atoms with Crippen molar-refractivity contribution < 1.29 is 13.6 Å². The van der Waals surface area contributed by atoms with E-state index in [4.69, 9.17) is 9.05 Å². The standard InChI is InChI=1S/C13H19O3P/c1-4-10-15-17(14,16-12(2)3)11-13-8-6-5-7-9-13/h4-9,12H,1,10-11H2,2-3H3. The third kappa shape index (κ3) is 5.31. The molecule has 0 aliphatic carbocycles. The summed E-state index contributed by atoms with van der Waals surface area (Å²) in [7, 11) is -3.09. The molecule has 0 N–H and O–H groups in total. The molecule has 3 nitrogen and oxygen atoms in total. The Kier molecular flexibility index (Phi) is 5.63. The quantitative estimate of drug-likeness (QED) is 0.545. The Morgan fingerprint density at radius 2 is 2.00 bits per heavy atom. The number of rotatable bonds is 7. The van der Waals surface area contributed by atoms with Gasteiger partial charge in [0.1, 0.15) is 0 Å². The van der Waals surface area contributed by atoms with Gasteiger partial charge in [0.25, 0.3) is 0 Å². The van der Waals surface area contributed by atoms with Crippen LogP contribution in [0.15, 0.2) is 43.0 Å². The summed E-state index contributed by atoms with van der Waals surface area (Å²) in [4.78, 5) is 0. The van der Waals surface area contributed by atoms with Crippen LogP contribution in [0.3, 0.4) is 0 Å². The number of hydrogen-bond acceptors (Lipinski definition) is 3. The Balaban J connectivity index is 2.76. The second-order valence-corrected chi connectivity index (χ2v) is 6.00. The van der Waals surface area contributed by atoms with Gasteiger partial charge in [-0.3, -0.25) is 4.57 Å². The summed E-state index contributed by atoms with van der Waals surface area (Å²) in [5, 5.41) is 0. The van der Waals surface area contributed by atoms with Crippen LogP contribution in [0.1, 0.15) is 19.4 Å².